The Labute approximate surface area is 244 Å². The largest absolute Gasteiger partial charge is 0.490 e. The number of amides is 1. The average molecular weight is 607 g/mol. The summed E-state index contributed by atoms with van der Waals surface area (Å²) in [5.41, 5.74) is 4.26. The minimum absolute atomic E-state index is 0.149. The Morgan fingerprint density at radius 3 is 2.77 bits per heavy atom. The molecule has 1 fully saturated rings. The van der Waals surface area contributed by atoms with E-state index >= 15 is 0 Å². The smallest absolute Gasteiger partial charge is 0.251 e. The van der Waals surface area contributed by atoms with E-state index in [-0.39, 0.29) is 11.4 Å². The topological polar surface area (TPSA) is 91.9 Å². The molecule has 2 atom stereocenters. The van der Waals surface area contributed by atoms with Crippen molar-refractivity contribution in [3.63, 3.8) is 0 Å². The molecule has 4 N–H and O–H groups in total. The van der Waals surface area contributed by atoms with Crippen molar-refractivity contribution in [1.29, 1.82) is 0 Å². The first kappa shape index (κ1) is 28.4. The highest BCUT2D eigenvalue weighted by Crippen LogP contribution is 2.46. The molecule has 1 saturated carbocycles. The van der Waals surface area contributed by atoms with Crippen LogP contribution in [0.5, 0.6) is 5.75 Å². The van der Waals surface area contributed by atoms with Crippen molar-refractivity contribution in [2.24, 2.45) is 0 Å². The first-order valence-electron chi connectivity index (χ1n) is 13.7. The minimum atomic E-state index is -0.820. The zero-order valence-electron chi connectivity index (χ0n) is 22.7. The van der Waals surface area contributed by atoms with E-state index in [0.717, 1.165) is 39.9 Å². The summed E-state index contributed by atoms with van der Waals surface area (Å²) in [5, 5.41) is 21.5. The zero-order valence-corrected chi connectivity index (χ0v) is 24.2. The molecule has 1 amide bonds. The first-order chi connectivity index (χ1) is 19.4. The van der Waals surface area contributed by atoms with Crippen LogP contribution >= 0.6 is 15.9 Å². The third kappa shape index (κ3) is 7.31. The van der Waals surface area contributed by atoms with Crippen LogP contribution in [0.2, 0.25) is 0 Å². The number of carbonyl (C=O) groups excluding carboxylic acids is 1. The van der Waals surface area contributed by atoms with Crippen molar-refractivity contribution in [1.82, 2.24) is 10.6 Å². The second-order valence-electron chi connectivity index (χ2n) is 10.5. The zero-order chi connectivity index (χ0) is 28.0. The number of hydrogen-bond donors (Lipinski definition) is 4. The SMILES string of the molecule is COCc1cc2cc(c1)C(=O)N[C@H]([C@H](O)CNC1(c3cccc(Br)c3)CC1)Cc1cccc(c1)OC/C=C\CN2. The molecule has 1 heterocycles. The Morgan fingerprint density at radius 2 is 1.98 bits per heavy atom. The number of benzene rings is 3. The van der Waals surface area contributed by atoms with Crippen LogP contribution in [0.4, 0.5) is 5.69 Å². The van der Waals surface area contributed by atoms with Gasteiger partial charge in [-0.1, -0.05) is 46.3 Å². The van der Waals surface area contributed by atoms with Crippen LogP contribution in [0, 0.1) is 0 Å². The van der Waals surface area contributed by atoms with Gasteiger partial charge >= 0.3 is 0 Å². The van der Waals surface area contributed by atoms with E-state index in [1.54, 1.807) is 7.11 Å². The first-order valence-corrected chi connectivity index (χ1v) is 14.5. The van der Waals surface area contributed by atoms with E-state index in [0.29, 0.717) is 38.3 Å². The molecule has 0 aromatic heterocycles. The summed E-state index contributed by atoms with van der Waals surface area (Å²) in [6.07, 6.45) is 5.61. The normalized spacial score (nSPS) is 20.0. The molecule has 0 saturated heterocycles. The minimum Gasteiger partial charge on any atom is -0.490 e. The van der Waals surface area contributed by atoms with Crippen molar-refractivity contribution in [3.8, 4) is 5.75 Å². The summed E-state index contributed by atoms with van der Waals surface area (Å²) >= 11 is 3.57. The van der Waals surface area contributed by atoms with Crippen LogP contribution < -0.4 is 20.7 Å². The van der Waals surface area contributed by atoms with Crippen molar-refractivity contribution in [3.05, 3.63) is 106 Å². The van der Waals surface area contributed by atoms with E-state index < -0.39 is 12.1 Å². The third-order valence-corrected chi connectivity index (χ3v) is 7.91. The van der Waals surface area contributed by atoms with Gasteiger partial charge in [0.15, 0.2) is 0 Å². The standard InChI is InChI=1S/C32H36BrN3O4/c1-39-21-23-14-24-18-27(15-23)34-12-2-3-13-40-28-9-4-6-22(16-28)17-29(36-31(24)38)30(37)20-35-32(10-11-32)25-7-5-8-26(33)19-25/h2-9,14-16,18-19,29-30,34-35,37H,10-13,17,20-21H2,1H3,(H,36,38)/b3-2-/t29-,30+/m0/s1. The monoisotopic (exact) mass is 605 g/mol. The molecular formula is C32H36BrN3O4. The van der Waals surface area contributed by atoms with Gasteiger partial charge in [0.1, 0.15) is 12.4 Å². The average Bonchev–Trinajstić information content (AvgIpc) is 3.74. The number of anilines is 1. The highest BCUT2D eigenvalue weighted by Gasteiger charge is 2.44. The lowest BCUT2D eigenvalue weighted by molar-refractivity contribution is 0.0822. The van der Waals surface area contributed by atoms with Crippen molar-refractivity contribution in [2.75, 3.05) is 32.1 Å². The van der Waals surface area contributed by atoms with Gasteiger partial charge in [-0.3, -0.25) is 4.79 Å². The molecule has 0 radical (unpaired) electrons. The van der Waals surface area contributed by atoms with E-state index in [9.17, 15) is 9.90 Å². The quantitative estimate of drug-likeness (QED) is 0.285. The van der Waals surface area contributed by atoms with Crippen LogP contribution in [0.3, 0.4) is 0 Å². The van der Waals surface area contributed by atoms with Gasteiger partial charge in [-0.05, 0) is 84.5 Å². The number of halogens is 1. The molecule has 210 valence electrons. The maximum absolute atomic E-state index is 13.6. The molecule has 3 aromatic rings. The Balaban J connectivity index is 1.40. The number of aliphatic hydroxyl groups is 1. The molecule has 8 heteroatoms. The number of carbonyl (C=O) groups is 1. The highest BCUT2D eigenvalue weighted by molar-refractivity contribution is 9.10. The van der Waals surface area contributed by atoms with E-state index in [1.165, 1.54) is 5.56 Å². The van der Waals surface area contributed by atoms with Gasteiger partial charge in [-0.25, -0.2) is 0 Å². The number of ether oxygens (including phenoxy) is 2. The Kier molecular flexibility index (Phi) is 9.22. The molecule has 0 unspecified atom stereocenters. The summed E-state index contributed by atoms with van der Waals surface area (Å²) in [7, 11) is 1.63. The Hall–Kier alpha value is -3.17. The van der Waals surface area contributed by atoms with Crippen LogP contribution in [0.25, 0.3) is 0 Å². The van der Waals surface area contributed by atoms with Crippen molar-refractivity contribution < 1.29 is 19.4 Å². The molecular weight excluding hydrogens is 570 g/mol. The van der Waals surface area contributed by atoms with E-state index in [1.807, 2.05) is 66.7 Å². The molecule has 40 heavy (non-hydrogen) atoms. The molecule has 5 rings (SSSR count). The summed E-state index contributed by atoms with van der Waals surface area (Å²) in [6.45, 7) is 1.77. The van der Waals surface area contributed by atoms with Gasteiger partial charge in [0.2, 0.25) is 0 Å². The summed E-state index contributed by atoms with van der Waals surface area (Å²) in [6, 6.07) is 21.2. The van der Waals surface area contributed by atoms with Crippen molar-refractivity contribution >= 4 is 27.5 Å². The maximum atomic E-state index is 13.6. The highest BCUT2D eigenvalue weighted by atomic mass is 79.9. The summed E-state index contributed by atoms with van der Waals surface area (Å²) in [4.78, 5) is 13.6. The van der Waals surface area contributed by atoms with Crippen molar-refractivity contribution in [2.45, 2.75) is 43.6 Å². The van der Waals surface area contributed by atoms with Gasteiger partial charge in [-0.15, -0.1) is 0 Å². The number of aliphatic hydroxyl groups excluding tert-OH is 1. The number of hydrogen-bond acceptors (Lipinski definition) is 6. The molecule has 1 aliphatic heterocycles. The molecule has 1 aliphatic carbocycles. The van der Waals surface area contributed by atoms with Gasteiger partial charge in [0, 0.05) is 41.5 Å². The van der Waals surface area contributed by atoms with Crippen LogP contribution in [-0.2, 0) is 23.3 Å². The fourth-order valence-electron chi connectivity index (χ4n) is 5.12. The second-order valence-corrected chi connectivity index (χ2v) is 11.4. The van der Waals surface area contributed by atoms with Crippen LogP contribution in [-0.4, -0.2) is 50.0 Å². The molecule has 0 spiro atoms. The molecule has 7 nitrogen and oxygen atoms in total. The van der Waals surface area contributed by atoms with Gasteiger partial charge in [-0.2, -0.15) is 0 Å². The second kappa shape index (κ2) is 13.0. The predicted molar refractivity (Wildman–Crippen MR) is 161 cm³/mol. The van der Waals surface area contributed by atoms with Crippen LogP contribution in [0.15, 0.2) is 83.4 Å². The maximum Gasteiger partial charge on any atom is 0.251 e. The third-order valence-electron chi connectivity index (χ3n) is 7.41. The lowest BCUT2D eigenvalue weighted by Crippen LogP contribution is -2.50. The van der Waals surface area contributed by atoms with E-state index in [4.69, 9.17) is 9.47 Å². The van der Waals surface area contributed by atoms with Gasteiger partial charge in [0.25, 0.3) is 5.91 Å². The summed E-state index contributed by atoms with van der Waals surface area (Å²) in [5.74, 6) is 0.508. The number of nitrogens with one attached hydrogen (secondary N) is 3. The van der Waals surface area contributed by atoms with Gasteiger partial charge < -0.3 is 30.5 Å². The number of rotatable bonds is 7. The van der Waals surface area contributed by atoms with Gasteiger partial charge in [0.05, 0.1) is 18.8 Å². The molecule has 4 bridgehead atoms. The van der Waals surface area contributed by atoms with E-state index in [2.05, 4.69) is 44.0 Å². The lowest BCUT2D eigenvalue weighted by Gasteiger charge is -2.27. The number of methoxy groups -OCH3 is 1. The fraction of sp³-hybridized carbons (Fsp3) is 0.344. The Bertz CT molecular complexity index is 1360. The fourth-order valence-corrected chi connectivity index (χ4v) is 5.52. The summed E-state index contributed by atoms with van der Waals surface area (Å²) < 4.78 is 12.3. The van der Waals surface area contributed by atoms with Crippen LogP contribution in [0.1, 0.15) is 39.9 Å². The lowest BCUT2D eigenvalue weighted by atomic mass is 9.98. The number of fused-ring (bicyclic) bond motifs is 4. The predicted octanol–water partition coefficient (Wildman–Crippen LogP) is 4.94. The molecule has 3 aromatic carbocycles. The Morgan fingerprint density at radius 1 is 1.12 bits per heavy atom. The molecule has 2 aliphatic rings.